The van der Waals surface area contributed by atoms with Crippen molar-refractivity contribution in [3.8, 4) is 0 Å². The Morgan fingerprint density at radius 1 is 1.13 bits per heavy atom. The number of hydrogen-bond acceptors (Lipinski definition) is 3. The first-order valence-electron chi connectivity index (χ1n) is 6.22. The van der Waals surface area contributed by atoms with Crippen LogP contribution in [0.25, 0.3) is 0 Å². The lowest BCUT2D eigenvalue weighted by Gasteiger charge is -2.26. The molecule has 0 atom stereocenters. The third-order valence-corrected chi connectivity index (χ3v) is 2.96. The molecule has 0 heterocycles. The summed E-state index contributed by atoms with van der Waals surface area (Å²) in [4.78, 5) is 4.84. The number of likely N-dealkylation sites (N-methyl/N-ethyl adjacent to an activating group) is 1. The van der Waals surface area contributed by atoms with E-state index in [9.17, 15) is 0 Å². The zero-order chi connectivity index (χ0) is 11.3. The van der Waals surface area contributed by atoms with E-state index in [1.807, 2.05) is 0 Å². The van der Waals surface area contributed by atoms with Crippen LogP contribution in [0, 0.1) is 0 Å². The Hall–Kier alpha value is -0.120. The number of rotatable bonds is 8. The van der Waals surface area contributed by atoms with Gasteiger partial charge < -0.3 is 10.2 Å². The van der Waals surface area contributed by atoms with E-state index in [4.69, 9.17) is 0 Å². The van der Waals surface area contributed by atoms with E-state index in [0.29, 0.717) is 6.04 Å². The number of nitrogens with one attached hydrogen (secondary N) is 1. The van der Waals surface area contributed by atoms with Crippen LogP contribution in [0.1, 0.15) is 26.7 Å². The lowest BCUT2D eigenvalue weighted by molar-refractivity contribution is 0.211. The number of nitrogens with zero attached hydrogens (tertiary/aromatic N) is 2. The molecule has 0 unspecified atom stereocenters. The van der Waals surface area contributed by atoms with Gasteiger partial charge in [-0.15, -0.1) is 0 Å². The summed E-state index contributed by atoms with van der Waals surface area (Å²) in [5, 5.41) is 3.50. The van der Waals surface area contributed by atoms with Crippen molar-refractivity contribution in [2.24, 2.45) is 0 Å². The highest BCUT2D eigenvalue weighted by Gasteiger charge is 2.29. The van der Waals surface area contributed by atoms with Gasteiger partial charge in [0.15, 0.2) is 0 Å². The molecular weight excluding hydrogens is 186 g/mol. The molecule has 1 N–H and O–H groups in total. The van der Waals surface area contributed by atoms with Crippen molar-refractivity contribution in [1.29, 1.82) is 0 Å². The Kier molecular flexibility index (Phi) is 5.58. The molecule has 0 aromatic rings. The highest BCUT2D eigenvalue weighted by atomic mass is 15.2. The minimum Gasteiger partial charge on any atom is -0.314 e. The van der Waals surface area contributed by atoms with Crippen LogP contribution >= 0.6 is 0 Å². The van der Waals surface area contributed by atoms with Gasteiger partial charge in [-0.25, -0.2) is 0 Å². The fraction of sp³-hybridized carbons (Fsp3) is 1.00. The molecule has 1 aliphatic rings. The van der Waals surface area contributed by atoms with E-state index in [1.165, 1.54) is 19.4 Å². The van der Waals surface area contributed by atoms with Crippen LogP contribution in [0.3, 0.4) is 0 Å². The average molecular weight is 213 g/mol. The average Bonchev–Trinajstić information content (AvgIpc) is 2.93. The van der Waals surface area contributed by atoms with Gasteiger partial charge in [-0.1, -0.05) is 0 Å². The predicted octanol–water partition coefficient (Wildman–Crippen LogP) is 1.01. The quantitative estimate of drug-likeness (QED) is 0.607. The Morgan fingerprint density at radius 2 is 1.73 bits per heavy atom. The van der Waals surface area contributed by atoms with E-state index in [0.717, 1.165) is 25.7 Å². The molecule has 90 valence electrons. The molecule has 0 aromatic carbocycles. The van der Waals surface area contributed by atoms with Crippen LogP contribution in [0.5, 0.6) is 0 Å². The summed E-state index contributed by atoms with van der Waals surface area (Å²) in [7, 11) is 4.23. The van der Waals surface area contributed by atoms with Gasteiger partial charge >= 0.3 is 0 Å². The molecule has 1 rings (SSSR count). The molecule has 0 amide bonds. The monoisotopic (exact) mass is 213 g/mol. The molecule has 1 saturated carbocycles. The van der Waals surface area contributed by atoms with Gasteiger partial charge in [-0.05, 0) is 40.8 Å². The second-order valence-electron chi connectivity index (χ2n) is 5.12. The SMILES string of the molecule is CC(C)N(CCNCCN(C)C)C1CC1. The minimum atomic E-state index is 0.702. The van der Waals surface area contributed by atoms with Gasteiger partial charge in [-0.2, -0.15) is 0 Å². The fourth-order valence-electron chi connectivity index (χ4n) is 1.90. The Labute approximate surface area is 94.8 Å². The van der Waals surface area contributed by atoms with Gasteiger partial charge in [0.25, 0.3) is 0 Å². The summed E-state index contributed by atoms with van der Waals surface area (Å²) in [6, 6.07) is 1.59. The van der Waals surface area contributed by atoms with Crippen LogP contribution < -0.4 is 5.32 Å². The van der Waals surface area contributed by atoms with E-state index < -0.39 is 0 Å². The molecule has 0 aliphatic heterocycles. The smallest absolute Gasteiger partial charge is 0.0112 e. The van der Waals surface area contributed by atoms with Crippen LogP contribution in [0.15, 0.2) is 0 Å². The first-order valence-corrected chi connectivity index (χ1v) is 6.22. The van der Waals surface area contributed by atoms with Crippen molar-refractivity contribution >= 4 is 0 Å². The first-order chi connectivity index (χ1) is 7.11. The molecule has 0 spiro atoms. The molecule has 0 aromatic heterocycles. The summed E-state index contributed by atoms with van der Waals surface area (Å²) < 4.78 is 0. The van der Waals surface area contributed by atoms with E-state index in [1.54, 1.807) is 0 Å². The maximum absolute atomic E-state index is 3.50. The third kappa shape index (κ3) is 5.50. The largest absolute Gasteiger partial charge is 0.314 e. The second-order valence-corrected chi connectivity index (χ2v) is 5.12. The van der Waals surface area contributed by atoms with Crippen LogP contribution in [0.2, 0.25) is 0 Å². The Bertz CT molecular complexity index is 162. The third-order valence-electron chi connectivity index (χ3n) is 2.96. The van der Waals surface area contributed by atoms with Crippen LogP contribution in [-0.2, 0) is 0 Å². The molecule has 1 fully saturated rings. The standard InChI is InChI=1S/C12H27N3/c1-11(2)15(12-5-6-12)10-8-13-7-9-14(3)4/h11-13H,5-10H2,1-4H3. The summed E-state index contributed by atoms with van der Waals surface area (Å²) in [6.07, 6.45) is 2.83. The second kappa shape index (κ2) is 6.46. The summed E-state index contributed by atoms with van der Waals surface area (Å²) in [6.45, 7) is 9.17. The van der Waals surface area contributed by atoms with Crippen molar-refractivity contribution in [1.82, 2.24) is 15.1 Å². The van der Waals surface area contributed by atoms with Gasteiger partial charge in [-0.3, -0.25) is 4.90 Å². The Morgan fingerprint density at radius 3 is 2.20 bits per heavy atom. The lowest BCUT2D eigenvalue weighted by atomic mass is 10.3. The number of hydrogen-bond donors (Lipinski definition) is 1. The normalized spacial score (nSPS) is 17.0. The van der Waals surface area contributed by atoms with E-state index in [-0.39, 0.29) is 0 Å². The summed E-state index contributed by atoms with van der Waals surface area (Å²) in [5.74, 6) is 0. The molecule has 0 saturated heterocycles. The maximum atomic E-state index is 3.50. The van der Waals surface area contributed by atoms with Gasteiger partial charge in [0.05, 0.1) is 0 Å². The fourth-order valence-corrected chi connectivity index (χ4v) is 1.90. The van der Waals surface area contributed by atoms with Crippen molar-refractivity contribution < 1.29 is 0 Å². The van der Waals surface area contributed by atoms with Crippen molar-refractivity contribution in [2.45, 2.75) is 38.8 Å². The Balaban J connectivity index is 2.01. The van der Waals surface area contributed by atoms with E-state index in [2.05, 4.69) is 43.1 Å². The van der Waals surface area contributed by atoms with E-state index >= 15 is 0 Å². The maximum Gasteiger partial charge on any atom is 0.0112 e. The van der Waals surface area contributed by atoms with Gasteiger partial charge in [0, 0.05) is 38.3 Å². The van der Waals surface area contributed by atoms with Crippen molar-refractivity contribution in [3.63, 3.8) is 0 Å². The zero-order valence-electron chi connectivity index (χ0n) is 10.8. The van der Waals surface area contributed by atoms with Crippen molar-refractivity contribution in [3.05, 3.63) is 0 Å². The molecular formula is C12H27N3. The molecule has 0 bridgehead atoms. The molecule has 1 aliphatic carbocycles. The van der Waals surface area contributed by atoms with Gasteiger partial charge in [0.1, 0.15) is 0 Å². The van der Waals surface area contributed by atoms with Crippen LogP contribution in [-0.4, -0.2) is 62.2 Å². The highest BCUT2D eigenvalue weighted by molar-refractivity contribution is 4.86. The zero-order valence-corrected chi connectivity index (χ0v) is 10.8. The summed E-state index contributed by atoms with van der Waals surface area (Å²) >= 11 is 0. The predicted molar refractivity (Wildman–Crippen MR) is 66.3 cm³/mol. The topological polar surface area (TPSA) is 18.5 Å². The molecule has 3 heteroatoms. The highest BCUT2D eigenvalue weighted by Crippen LogP contribution is 2.27. The molecule has 15 heavy (non-hydrogen) atoms. The summed E-state index contributed by atoms with van der Waals surface area (Å²) in [5.41, 5.74) is 0. The minimum absolute atomic E-state index is 0.702. The molecule has 3 nitrogen and oxygen atoms in total. The first kappa shape index (κ1) is 12.9. The van der Waals surface area contributed by atoms with Crippen LogP contribution in [0.4, 0.5) is 0 Å². The molecule has 0 radical (unpaired) electrons. The van der Waals surface area contributed by atoms with Crippen molar-refractivity contribution in [2.75, 3.05) is 40.3 Å². The lowest BCUT2D eigenvalue weighted by Crippen LogP contribution is -2.39. The van der Waals surface area contributed by atoms with Gasteiger partial charge in [0.2, 0.25) is 0 Å².